The average Bonchev–Trinajstić information content (AvgIpc) is 3.88. The highest BCUT2D eigenvalue weighted by molar-refractivity contribution is 6.25. The summed E-state index contributed by atoms with van der Waals surface area (Å²) in [6, 6.07) is 91.4. The van der Waals surface area contributed by atoms with Crippen molar-refractivity contribution in [2.75, 3.05) is 0 Å². The summed E-state index contributed by atoms with van der Waals surface area (Å²) in [5.74, 6) is 0. The first-order valence-electron chi connectivity index (χ1n) is 23.5. The van der Waals surface area contributed by atoms with Crippen LogP contribution >= 0.6 is 0 Å². The van der Waals surface area contributed by atoms with E-state index in [9.17, 15) is 0 Å². The van der Waals surface area contributed by atoms with Crippen LogP contribution in [0.3, 0.4) is 0 Å². The van der Waals surface area contributed by atoms with Crippen LogP contribution in [0.15, 0.2) is 243 Å². The van der Waals surface area contributed by atoms with E-state index in [-0.39, 0.29) is 0 Å². The third-order valence-electron chi connectivity index (χ3n) is 15.4. The molecule has 67 heavy (non-hydrogen) atoms. The molecule has 0 radical (unpaired) electrons. The molecule has 2 aliphatic carbocycles. The van der Waals surface area contributed by atoms with Crippen LogP contribution in [0, 0.1) is 0 Å². The highest BCUT2D eigenvalue weighted by Crippen LogP contribution is 2.67. The van der Waals surface area contributed by atoms with Gasteiger partial charge in [-0.05, 0) is 149 Å². The van der Waals surface area contributed by atoms with Crippen LogP contribution in [0.2, 0.25) is 0 Å². The van der Waals surface area contributed by atoms with Crippen LogP contribution in [-0.4, -0.2) is 0 Å². The van der Waals surface area contributed by atoms with Gasteiger partial charge in [0.05, 0.1) is 5.41 Å². The molecule has 2 aliphatic rings. The smallest absolute Gasteiger partial charge is 0.0619 e. The van der Waals surface area contributed by atoms with E-state index < -0.39 is 5.41 Å². The molecule has 0 unspecified atom stereocenters. The Morgan fingerprint density at radius 1 is 0.209 bits per heavy atom. The predicted octanol–water partition coefficient (Wildman–Crippen LogP) is 18.0. The molecular formula is C67H40. The zero-order valence-electron chi connectivity index (χ0n) is 36.6. The standard InChI is InChI=1S/C67H40/c1-2-20-44-41(18-1)19-17-33-50(44)63-55-30-10-8-28-53(55)62(54-29-9-11-31-56(54)63)43-38-36-42(37-39-43)58-40-61-64(51-26-6-4-23-47(51)58)65-52-27-7-3-21-45(52)46-22-5-12-32-57(46)66(65)67(61)59-34-15-13-24-48(59)49-25-14-16-35-60(49)67/h1-40H. The van der Waals surface area contributed by atoms with Gasteiger partial charge >= 0.3 is 0 Å². The molecule has 0 atom stereocenters. The Hall–Kier alpha value is -8.58. The van der Waals surface area contributed by atoms with E-state index in [1.165, 1.54) is 143 Å². The second-order valence-corrected chi connectivity index (χ2v) is 18.5. The van der Waals surface area contributed by atoms with Crippen molar-refractivity contribution >= 4 is 64.6 Å². The molecule has 0 heteroatoms. The molecule has 0 N–H and O–H groups in total. The van der Waals surface area contributed by atoms with Gasteiger partial charge in [0.25, 0.3) is 0 Å². The molecule has 1 spiro atoms. The SMILES string of the molecule is c1ccc2c(c1)-c1ccccc1C21c2cc(-c3ccc(-c4c5ccccc5c(-c5cccc6ccccc56)c5ccccc45)cc3)c3ccccc3c2-c2c1c1ccccc1c1ccccc21. The summed E-state index contributed by atoms with van der Waals surface area (Å²) in [6.45, 7) is 0. The van der Waals surface area contributed by atoms with E-state index in [0.29, 0.717) is 0 Å². The zero-order valence-corrected chi connectivity index (χ0v) is 36.6. The molecule has 0 amide bonds. The normalized spacial score (nSPS) is 13.2. The van der Waals surface area contributed by atoms with Gasteiger partial charge < -0.3 is 0 Å². The minimum Gasteiger partial charge on any atom is -0.0619 e. The second-order valence-electron chi connectivity index (χ2n) is 18.5. The van der Waals surface area contributed by atoms with Crippen molar-refractivity contribution in [1.29, 1.82) is 0 Å². The van der Waals surface area contributed by atoms with Crippen molar-refractivity contribution in [3.8, 4) is 55.6 Å². The molecule has 0 saturated heterocycles. The fourth-order valence-electron chi connectivity index (χ4n) is 12.9. The van der Waals surface area contributed by atoms with Gasteiger partial charge in [0, 0.05) is 0 Å². The summed E-state index contributed by atoms with van der Waals surface area (Å²) in [7, 11) is 0. The third-order valence-corrected chi connectivity index (χ3v) is 15.4. The van der Waals surface area contributed by atoms with Gasteiger partial charge in [-0.15, -0.1) is 0 Å². The first-order chi connectivity index (χ1) is 33.3. The van der Waals surface area contributed by atoms with Crippen molar-refractivity contribution < 1.29 is 0 Å². The molecule has 0 fully saturated rings. The lowest BCUT2D eigenvalue weighted by Crippen LogP contribution is -2.26. The topological polar surface area (TPSA) is 0 Å². The Morgan fingerprint density at radius 2 is 0.612 bits per heavy atom. The maximum atomic E-state index is 2.58. The van der Waals surface area contributed by atoms with Crippen molar-refractivity contribution in [2.24, 2.45) is 0 Å². The summed E-state index contributed by atoms with van der Waals surface area (Å²) >= 11 is 0. The average molecular weight is 845 g/mol. The summed E-state index contributed by atoms with van der Waals surface area (Å²) in [5, 5.41) is 15.4. The lowest BCUT2D eigenvalue weighted by Gasteiger charge is -2.32. The number of hydrogen-bond donors (Lipinski definition) is 0. The van der Waals surface area contributed by atoms with Gasteiger partial charge in [-0.25, -0.2) is 0 Å². The lowest BCUT2D eigenvalue weighted by molar-refractivity contribution is 0.803. The third kappa shape index (κ3) is 4.81. The largest absolute Gasteiger partial charge is 0.0732 e. The lowest BCUT2D eigenvalue weighted by atomic mass is 9.68. The molecule has 13 aromatic rings. The second kappa shape index (κ2) is 13.7. The fourth-order valence-corrected chi connectivity index (χ4v) is 12.9. The Bertz CT molecular complexity index is 4150. The number of benzene rings is 13. The summed E-state index contributed by atoms with van der Waals surface area (Å²) < 4.78 is 0. The fraction of sp³-hybridized carbons (Fsp3) is 0.0149. The van der Waals surface area contributed by atoms with Crippen LogP contribution in [0.25, 0.3) is 120 Å². The van der Waals surface area contributed by atoms with Crippen LogP contribution in [0.4, 0.5) is 0 Å². The first kappa shape index (κ1) is 36.7. The zero-order chi connectivity index (χ0) is 43.8. The van der Waals surface area contributed by atoms with Crippen molar-refractivity contribution in [1.82, 2.24) is 0 Å². The Morgan fingerprint density at radius 3 is 1.22 bits per heavy atom. The van der Waals surface area contributed by atoms with Gasteiger partial charge in [0.15, 0.2) is 0 Å². The summed E-state index contributed by atoms with van der Waals surface area (Å²) in [5.41, 5.74) is 17.8. The summed E-state index contributed by atoms with van der Waals surface area (Å²) in [6.07, 6.45) is 0. The first-order valence-corrected chi connectivity index (χ1v) is 23.5. The number of rotatable bonds is 3. The van der Waals surface area contributed by atoms with Gasteiger partial charge in [0.2, 0.25) is 0 Å². The van der Waals surface area contributed by atoms with Gasteiger partial charge in [-0.2, -0.15) is 0 Å². The van der Waals surface area contributed by atoms with E-state index >= 15 is 0 Å². The molecule has 308 valence electrons. The molecule has 15 rings (SSSR count). The monoisotopic (exact) mass is 844 g/mol. The molecule has 13 aromatic carbocycles. The van der Waals surface area contributed by atoms with Crippen LogP contribution in [-0.2, 0) is 5.41 Å². The van der Waals surface area contributed by atoms with Crippen molar-refractivity contribution in [2.45, 2.75) is 5.41 Å². The maximum absolute atomic E-state index is 2.58. The minimum absolute atomic E-state index is 0.524. The van der Waals surface area contributed by atoms with E-state index in [4.69, 9.17) is 0 Å². The number of fused-ring (bicyclic) bond motifs is 20. The maximum Gasteiger partial charge on any atom is 0.0732 e. The predicted molar refractivity (Wildman–Crippen MR) is 284 cm³/mol. The molecule has 0 aromatic heterocycles. The summed E-state index contributed by atoms with van der Waals surface area (Å²) in [4.78, 5) is 0. The van der Waals surface area contributed by atoms with Crippen LogP contribution < -0.4 is 0 Å². The number of hydrogen-bond acceptors (Lipinski definition) is 0. The van der Waals surface area contributed by atoms with E-state index in [0.717, 1.165) is 0 Å². The molecular weight excluding hydrogens is 805 g/mol. The van der Waals surface area contributed by atoms with E-state index in [1.54, 1.807) is 0 Å². The van der Waals surface area contributed by atoms with Crippen LogP contribution in [0.1, 0.15) is 22.3 Å². The highest BCUT2D eigenvalue weighted by Gasteiger charge is 2.53. The Labute approximate surface area is 388 Å². The van der Waals surface area contributed by atoms with Crippen molar-refractivity contribution in [3.63, 3.8) is 0 Å². The van der Waals surface area contributed by atoms with E-state index in [2.05, 4.69) is 243 Å². The quantitative estimate of drug-likeness (QED) is 0.123. The van der Waals surface area contributed by atoms with Gasteiger partial charge in [-0.1, -0.05) is 237 Å². The molecule has 0 aliphatic heterocycles. The van der Waals surface area contributed by atoms with Crippen LogP contribution in [0.5, 0.6) is 0 Å². The van der Waals surface area contributed by atoms with E-state index in [1.807, 2.05) is 0 Å². The van der Waals surface area contributed by atoms with Crippen molar-refractivity contribution in [3.05, 3.63) is 265 Å². The molecule has 0 bridgehead atoms. The highest BCUT2D eigenvalue weighted by atomic mass is 14.5. The van der Waals surface area contributed by atoms with Gasteiger partial charge in [-0.3, -0.25) is 0 Å². The minimum atomic E-state index is -0.524. The Balaban J connectivity index is 1.00. The molecule has 0 saturated carbocycles. The van der Waals surface area contributed by atoms with Gasteiger partial charge in [0.1, 0.15) is 0 Å². The molecule has 0 nitrogen and oxygen atoms in total. The molecule has 0 heterocycles. The Kier molecular flexibility index (Phi) is 7.52.